The Morgan fingerprint density at radius 3 is 2.54 bits per heavy atom. The van der Waals surface area contributed by atoms with Crippen LogP contribution in [0.25, 0.3) is 10.9 Å². The number of para-hydroxylation sites is 1. The lowest BCUT2D eigenvalue weighted by molar-refractivity contribution is -0.132. The van der Waals surface area contributed by atoms with Crippen molar-refractivity contribution >= 4 is 28.4 Å². The van der Waals surface area contributed by atoms with Gasteiger partial charge in [0.1, 0.15) is 0 Å². The number of anilines is 1. The van der Waals surface area contributed by atoms with Gasteiger partial charge in [-0.3, -0.25) is 14.6 Å². The smallest absolute Gasteiger partial charge is 0.224 e. The Labute approximate surface area is 154 Å². The lowest BCUT2D eigenvalue weighted by atomic mass is 10.1. The molecule has 0 aliphatic carbocycles. The molecule has 1 aromatic heterocycles. The standard InChI is InChI=1S/C20H26N4O2/c1-3-22-12-14-23(15-13-22)19(26)9-11-24(16(2)25)18-8-4-6-17-7-5-10-21-20(17)18/h4-8,10H,3,9,11-15H2,1-2H3. The first kappa shape index (κ1) is 18.3. The van der Waals surface area contributed by atoms with E-state index in [1.165, 1.54) is 6.92 Å². The fourth-order valence-corrected chi connectivity index (χ4v) is 3.43. The van der Waals surface area contributed by atoms with Crippen LogP contribution in [-0.2, 0) is 9.59 Å². The monoisotopic (exact) mass is 354 g/mol. The third-order valence-corrected chi connectivity index (χ3v) is 5.00. The summed E-state index contributed by atoms with van der Waals surface area (Å²) < 4.78 is 0. The average molecular weight is 354 g/mol. The molecule has 2 heterocycles. The number of benzene rings is 1. The average Bonchev–Trinajstić information content (AvgIpc) is 2.68. The molecule has 2 aromatic rings. The van der Waals surface area contributed by atoms with E-state index in [0.29, 0.717) is 13.0 Å². The molecular formula is C20H26N4O2. The highest BCUT2D eigenvalue weighted by Crippen LogP contribution is 2.25. The molecule has 0 atom stereocenters. The van der Waals surface area contributed by atoms with Gasteiger partial charge in [-0.05, 0) is 18.7 Å². The number of amides is 2. The fraction of sp³-hybridized carbons (Fsp3) is 0.450. The summed E-state index contributed by atoms with van der Waals surface area (Å²) in [5, 5.41) is 0.985. The van der Waals surface area contributed by atoms with Gasteiger partial charge in [0.05, 0.1) is 11.2 Å². The van der Waals surface area contributed by atoms with Gasteiger partial charge < -0.3 is 14.7 Å². The van der Waals surface area contributed by atoms with Crippen LogP contribution in [0.2, 0.25) is 0 Å². The molecule has 1 aliphatic rings. The summed E-state index contributed by atoms with van der Waals surface area (Å²) in [6, 6.07) is 9.64. The zero-order valence-electron chi connectivity index (χ0n) is 15.5. The van der Waals surface area contributed by atoms with Gasteiger partial charge >= 0.3 is 0 Å². The first-order valence-corrected chi connectivity index (χ1v) is 9.22. The van der Waals surface area contributed by atoms with E-state index >= 15 is 0 Å². The second kappa shape index (κ2) is 8.27. The molecule has 0 radical (unpaired) electrons. The van der Waals surface area contributed by atoms with Crippen LogP contribution in [0.5, 0.6) is 0 Å². The molecule has 1 aromatic carbocycles. The van der Waals surface area contributed by atoms with Crippen LogP contribution >= 0.6 is 0 Å². The molecule has 0 bridgehead atoms. The number of pyridine rings is 1. The van der Waals surface area contributed by atoms with E-state index in [0.717, 1.165) is 49.3 Å². The number of hydrogen-bond acceptors (Lipinski definition) is 4. The van der Waals surface area contributed by atoms with E-state index in [1.807, 2.05) is 35.2 Å². The van der Waals surface area contributed by atoms with E-state index in [9.17, 15) is 9.59 Å². The maximum Gasteiger partial charge on any atom is 0.224 e. The number of piperazine rings is 1. The molecule has 6 heteroatoms. The summed E-state index contributed by atoms with van der Waals surface area (Å²) in [4.78, 5) is 35.1. The normalized spacial score (nSPS) is 15.2. The third-order valence-electron chi connectivity index (χ3n) is 5.00. The summed E-state index contributed by atoms with van der Waals surface area (Å²) in [7, 11) is 0. The number of fused-ring (bicyclic) bond motifs is 1. The molecule has 0 unspecified atom stereocenters. The van der Waals surface area contributed by atoms with Gasteiger partial charge in [-0.1, -0.05) is 25.1 Å². The van der Waals surface area contributed by atoms with Crippen molar-refractivity contribution in [3.8, 4) is 0 Å². The van der Waals surface area contributed by atoms with Crippen molar-refractivity contribution in [2.24, 2.45) is 0 Å². The number of nitrogens with zero attached hydrogens (tertiary/aromatic N) is 4. The topological polar surface area (TPSA) is 56.8 Å². The molecule has 0 N–H and O–H groups in total. The molecule has 1 saturated heterocycles. The molecule has 138 valence electrons. The van der Waals surface area contributed by atoms with Crippen LogP contribution in [0, 0.1) is 0 Å². The third kappa shape index (κ3) is 4.02. The van der Waals surface area contributed by atoms with Gasteiger partial charge in [-0.2, -0.15) is 0 Å². The predicted octanol–water partition coefficient (Wildman–Crippen LogP) is 2.14. The SMILES string of the molecule is CCN1CCN(C(=O)CCN(C(C)=O)c2cccc3cccnc23)CC1. The fourth-order valence-electron chi connectivity index (χ4n) is 3.43. The quantitative estimate of drug-likeness (QED) is 0.825. The summed E-state index contributed by atoms with van der Waals surface area (Å²) in [5.74, 6) is 0.0342. The number of rotatable bonds is 5. The first-order chi connectivity index (χ1) is 12.6. The maximum atomic E-state index is 12.6. The molecular weight excluding hydrogens is 328 g/mol. The van der Waals surface area contributed by atoms with Gasteiger partial charge in [0.2, 0.25) is 11.8 Å². The number of carbonyl (C=O) groups excluding carboxylic acids is 2. The van der Waals surface area contributed by atoms with Gasteiger partial charge in [-0.15, -0.1) is 0 Å². The Kier molecular flexibility index (Phi) is 5.83. The van der Waals surface area contributed by atoms with Gasteiger partial charge in [0.15, 0.2) is 0 Å². The van der Waals surface area contributed by atoms with Crippen molar-refractivity contribution in [3.05, 3.63) is 36.5 Å². The lowest BCUT2D eigenvalue weighted by Gasteiger charge is -2.34. The van der Waals surface area contributed by atoms with Crippen molar-refractivity contribution in [1.29, 1.82) is 0 Å². The summed E-state index contributed by atoms with van der Waals surface area (Å²) >= 11 is 0. The highest BCUT2D eigenvalue weighted by molar-refractivity contribution is 6.01. The summed E-state index contributed by atoms with van der Waals surface area (Å²) in [5.41, 5.74) is 1.55. The Hall–Kier alpha value is -2.47. The van der Waals surface area contributed by atoms with E-state index < -0.39 is 0 Å². The van der Waals surface area contributed by atoms with E-state index in [1.54, 1.807) is 11.1 Å². The molecule has 1 fully saturated rings. The van der Waals surface area contributed by atoms with Crippen molar-refractivity contribution < 1.29 is 9.59 Å². The largest absolute Gasteiger partial charge is 0.340 e. The number of likely N-dealkylation sites (N-methyl/N-ethyl adjacent to an activating group) is 1. The zero-order chi connectivity index (χ0) is 18.5. The molecule has 1 aliphatic heterocycles. The predicted molar refractivity (Wildman–Crippen MR) is 103 cm³/mol. The molecule has 6 nitrogen and oxygen atoms in total. The van der Waals surface area contributed by atoms with Gasteiger partial charge in [-0.25, -0.2) is 0 Å². The highest BCUT2D eigenvalue weighted by atomic mass is 16.2. The van der Waals surface area contributed by atoms with Crippen LogP contribution in [0.15, 0.2) is 36.5 Å². The Morgan fingerprint density at radius 2 is 1.85 bits per heavy atom. The van der Waals surface area contributed by atoms with Crippen molar-refractivity contribution in [1.82, 2.24) is 14.8 Å². The van der Waals surface area contributed by atoms with E-state index in [-0.39, 0.29) is 11.8 Å². The molecule has 0 saturated carbocycles. The van der Waals surface area contributed by atoms with E-state index in [4.69, 9.17) is 0 Å². The number of aromatic nitrogens is 1. The van der Waals surface area contributed by atoms with Gasteiger partial charge in [0, 0.05) is 57.7 Å². The summed E-state index contributed by atoms with van der Waals surface area (Å²) in [6.07, 6.45) is 2.05. The number of carbonyl (C=O) groups is 2. The Balaban J connectivity index is 1.69. The first-order valence-electron chi connectivity index (χ1n) is 9.22. The Bertz CT molecular complexity index is 779. The highest BCUT2D eigenvalue weighted by Gasteiger charge is 2.22. The van der Waals surface area contributed by atoms with Crippen LogP contribution < -0.4 is 4.90 Å². The summed E-state index contributed by atoms with van der Waals surface area (Å²) in [6.45, 7) is 8.45. The van der Waals surface area contributed by atoms with Crippen LogP contribution in [-0.4, -0.2) is 65.9 Å². The van der Waals surface area contributed by atoms with Crippen LogP contribution in [0.4, 0.5) is 5.69 Å². The molecule has 26 heavy (non-hydrogen) atoms. The van der Waals surface area contributed by atoms with Crippen LogP contribution in [0.1, 0.15) is 20.3 Å². The minimum absolute atomic E-state index is 0.0771. The molecule has 0 spiro atoms. The minimum Gasteiger partial charge on any atom is -0.340 e. The second-order valence-corrected chi connectivity index (χ2v) is 6.59. The van der Waals surface area contributed by atoms with Crippen LogP contribution in [0.3, 0.4) is 0 Å². The minimum atomic E-state index is -0.0771. The van der Waals surface area contributed by atoms with Crippen molar-refractivity contribution in [3.63, 3.8) is 0 Å². The van der Waals surface area contributed by atoms with Gasteiger partial charge in [0.25, 0.3) is 0 Å². The maximum absolute atomic E-state index is 12.6. The Morgan fingerprint density at radius 1 is 1.12 bits per heavy atom. The van der Waals surface area contributed by atoms with Crippen molar-refractivity contribution in [2.45, 2.75) is 20.3 Å². The lowest BCUT2D eigenvalue weighted by Crippen LogP contribution is -2.49. The number of hydrogen-bond donors (Lipinski definition) is 0. The zero-order valence-corrected chi connectivity index (χ0v) is 15.5. The molecule has 2 amide bonds. The molecule has 3 rings (SSSR count). The second-order valence-electron chi connectivity index (χ2n) is 6.59. The van der Waals surface area contributed by atoms with Crippen molar-refractivity contribution in [2.75, 3.05) is 44.2 Å². The van der Waals surface area contributed by atoms with E-state index in [2.05, 4.69) is 16.8 Å².